The normalized spacial score (nSPS) is 10.4. The molecular formula is C20H19FN4O. The Morgan fingerprint density at radius 3 is 2.58 bits per heavy atom. The second-order valence-electron chi connectivity index (χ2n) is 5.86. The molecule has 1 amide bonds. The van der Waals surface area contributed by atoms with Crippen LogP contribution < -0.4 is 10.2 Å². The summed E-state index contributed by atoms with van der Waals surface area (Å²) in [4.78, 5) is 22.5. The first kappa shape index (κ1) is 17.5. The maximum Gasteiger partial charge on any atom is 0.274 e. The fraction of sp³-hybridized carbons (Fsp3) is 0.150. The summed E-state index contributed by atoms with van der Waals surface area (Å²) in [6.07, 6.45) is 6.08. The van der Waals surface area contributed by atoms with Crippen LogP contribution in [0.25, 0.3) is 0 Å². The molecule has 0 unspecified atom stereocenters. The van der Waals surface area contributed by atoms with Gasteiger partial charge >= 0.3 is 0 Å². The highest BCUT2D eigenvalue weighted by molar-refractivity contribution is 6.03. The zero-order valence-electron chi connectivity index (χ0n) is 14.4. The first-order valence-electron chi connectivity index (χ1n) is 8.25. The maximum atomic E-state index is 13.6. The van der Waals surface area contributed by atoms with E-state index in [0.717, 1.165) is 18.7 Å². The third-order valence-electron chi connectivity index (χ3n) is 4.03. The van der Waals surface area contributed by atoms with Crippen molar-refractivity contribution in [3.8, 4) is 0 Å². The van der Waals surface area contributed by atoms with E-state index < -0.39 is 11.7 Å². The summed E-state index contributed by atoms with van der Waals surface area (Å²) in [5.74, 6) is -0.922. The molecule has 0 radical (unpaired) electrons. The Bertz CT molecular complexity index is 868. The van der Waals surface area contributed by atoms with Crippen LogP contribution in [0.2, 0.25) is 0 Å². The molecule has 1 aromatic carbocycles. The number of hydrogen-bond acceptors (Lipinski definition) is 4. The second kappa shape index (κ2) is 8.20. The van der Waals surface area contributed by atoms with Gasteiger partial charge in [-0.25, -0.2) is 9.37 Å². The number of halogens is 1. The number of benzene rings is 1. The van der Waals surface area contributed by atoms with Crippen molar-refractivity contribution >= 4 is 17.3 Å². The molecule has 26 heavy (non-hydrogen) atoms. The van der Waals surface area contributed by atoms with Gasteiger partial charge in [0, 0.05) is 26.0 Å². The largest absolute Gasteiger partial charge is 0.373 e. The highest BCUT2D eigenvalue weighted by Crippen LogP contribution is 2.15. The third kappa shape index (κ3) is 4.42. The zero-order chi connectivity index (χ0) is 18.4. The average Bonchev–Trinajstić information content (AvgIpc) is 2.69. The van der Waals surface area contributed by atoms with E-state index in [0.29, 0.717) is 0 Å². The van der Waals surface area contributed by atoms with Gasteiger partial charge in [0.05, 0.1) is 17.6 Å². The minimum Gasteiger partial charge on any atom is -0.373 e. The molecule has 0 aliphatic carbocycles. The number of hydrogen-bond donors (Lipinski definition) is 1. The summed E-state index contributed by atoms with van der Waals surface area (Å²) in [6.45, 7) is 0.812. The number of nitrogens with one attached hydrogen (secondary N) is 1. The van der Waals surface area contributed by atoms with Crippen LogP contribution in [0.15, 0.2) is 67.1 Å². The van der Waals surface area contributed by atoms with Crippen LogP contribution in [0, 0.1) is 5.82 Å². The van der Waals surface area contributed by atoms with E-state index in [-0.39, 0.29) is 11.4 Å². The van der Waals surface area contributed by atoms with Gasteiger partial charge in [-0.1, -0.05) is 12.1 Å². The van der Waals surface area contributed by atoms with Gasteiger partial charge in [-0.3, -0.25) is 9.78 Å². The van der Waals surface area contributed by atoms with E-state index in [9.17, 15) is 9.18 Å². The molecule has 0 fully saturated rings. The van der Waals surface area contributed by atoms with Crippen LogP contribution in [0.1, 0.15) is 16.1 Å². The Morgan fingerprint density at radius 1 is 1.12 bits per heavy atom. The Hall–Kier alpha value is -3.28. The molecule has 6 heteroatoms. The molecular weight excluding hydrogens is 331 g/mol. The molecule has 2 heterocycles. The van der Waals surface area contributed by atoms with E-state index in [4.69, 9.17) is 0 Å². The smallest absolute Gasteiger partial charge is 0.274 e. The van der Waals surface area contributed by atoms with E-state index >= 15 is 0 Å². The van der Waals surface area contributed by atoms with Gasteiger partial charge in [0.1, 0.15) is 11.5 Å². The number of aromatic nitrogens is 2. The van der Waals surface area contributed by atoms with Gasteiger partial charge in [-0.2, -0.15) is 0 Å². The van der Waals surface area contributed by atoms with Crippen LogP contribution in [0.5, 0.6) is 0 Å². The summed E-state index contributed by atoms with van der Waals surface area (Å²) < 4.78 is 13.6. The Labute approximate surface area is 151 Å². The predicted octanol–water partition coefficient (Wildman–Crippen LogP) is 3.55. The van der Waals surface area contributed by atoms with Crippen molar-refractivity contribution in [1.82, 2.24) is 9.97 Å². The van der Waals surface area contributed by atoms with Gasteiger partial charge in [-0.05, 0) is 48.4 Å². The van der Waals surface area contributed by atoms with Crippen molar-refractivity contribution in [2.24, 2.45) is 0 Å². The van der Waals surface area contributed by atoms with Crippen LogP contribution >= 0.6 is 0 Å². The molecule has 2 aromatic heterocycles. The Balaban J connectivity index is 1.60. The standard InChI is InChI=1S/C20H19FN4O/c1-25(13-10-15-8-11-22-12-9-15)16-6-7-19(23-14-16)20(26)24-18-5-3-2-4-17(18)21/h2-9,11-12,14H,10,13H2,1H3,(H,24,26). The molecule has 0 aliphatic rings. The number of para-hydroxylation sites is 1. The number of nitrogens with zero attached hydrogens (tertiary/aromatic N) is 3. The molecule has 1 N–H and O–H groups in total. The first-order valence-corrected chi connectivity index (χ1v) is 8.25. The lowest BCUT2D eigenvalue weighted by Gasteiger charge is -2.19. The minimum atomic E-state index is -0.478. The SMILES string of the molecule is CN(CCc1ccncc1)c1ccc(C(=O)Nc2ccccc2F)nc1. The number of carbonyl (C=O) groups is 1. The van der Waals surface area contributed by atoms with E-state index in [2.05, 4.69) is 20.2 Å². The Morgan fingerprint density at radius 2 is 1.88 bits per heavy atom. The van der Waals surface area contributed by atoms with E-state index in [1.165, 1.54) is 17.7 Å². The van der Waals surface area contributed by atoms with Crippen molar-refractivity contribution in [3.05, 3.63) is 84.2 Å². The molecule has 132 valence electrons. The summed E-state index contributed by atoms with van der Waals surface area (Å²) in [6, 6.07) is 13.5. The number of anilines is 2. The number of pyridine rings is 2. The average molecular weight is 350 g/mol. The molecule has 3 rings (SSSR count). The highest BCUT2D eigenvalue weighted by atomic mass is 19.1. The van der Waals surface area contributed by atoms with Gasteiger partial charge in [-0.15, -0.1) is 0 Å². The summed E-state index contributed by atoms with van der Waals surface area (Å²) in [5.41, 5.74) is 2.49. The van der Waals surface area contributed by atoms with Crippen LogP contribution in [0.4, 0.5) is 15.8 Å². The number of amides is 1. The molecule has 0 bridgehead atoms. The summed E-state index contributed by atoms with van der Waals surface area (Å²) >= 11 is 0. The van der Waals surface area contributed by atoms with Gasteiger partial charge < -0.3 is 10.2 Å². The fourth-order valence-corrected chi connectivity index (χ4v) is 2.47. The minimum absolute atomic E-state index is 0.137. The second-order valence-corrected chi connectivity index (χ2v) is 5.86. The number of likely N-dealkylation sites (N-methyl/N-ethyl adjacent to an activating group) is 1. The number of rotatable bonds is 6. The van der Waals surface area contributed by atoms with Gasteiger partial charge in [0.25, 0.3) is 5.91 Å². The fourth-order valence-electron chi connectivity index (χ4n) is 2.47. The molecule has 0 saturated heterocycles. The first-order chi connectivity index (χ1) is 12.6. The molecule has 0 saturated carbocycles. The topological polar surface area (TPSA) is 58.1 Å². The third-order valence-corrected chi connectivity index (χ3v) is 4.03. The van der Waals surface area contributed by atoms with Gasteiger partial charge in [0.2, 0.25) is 0 Å². The van der Waals surface area contributed by atoms with Crippen molar-refractivity contribution in [1.29, 1.82) is 0 Å². The van der Waals surface area contributed by atoms with E-state index in [1.54, 1.807) is 36.8 Å². The Kier molecular flexibility index (Phi) is 5.53. The van der Waals surface area contributed by atoms with Crippen LogP contribution in [-0.2, 0) is 6.42 Å². The predicted molar refractivity (Wildman–Crippen MR) is 99.8 cm³/mol. The maximum absolute atomic E-state index is 13.6. The van der Waals surface area contributed by atoms with Crippen LogP contribution in [-0.4, -0.2) is 29.5 Å². The van der Waals surface area contributed by atoms with Gasteiger partial charge in [0.15, 0.2) is 0 Å². The highest BCUT2D eigenvalue weighted by Gasteiger charge is 2.11. The molecule has 5 nitrogen and oxygen atoms in total. The zero-order valence-corrected chi connectivity index (χ0v) is 14.4. The van der Waals surface area contributed by atoms with Crippen molar-refractivity contribution < 1.29 is 9.18 Å². The van der Waals surface area contributed by atoms with Crippen molar-refractivity contribution in [2.75, 3.05) is 23.8 Å². The quantitative estimate of drug-likeness (QED) is 0.739. The lowest BCUT2D eigenvalue weighted by Crippen LogP contribution is -2.21. The van der Waals surface area contributed by atoms with Crippen molar-refractivity contribution in [3.63, 3.8) is 0 Å². The van der Waals surface area contributed by atoms with E-state index in [1.807, 2.05) is 25.2 Å². The van der Waals surface area contributed by atoms with Crippen molar-refractivity contribution in [2.45, 2.75) is 6.42 Å². The molecule has 3 aromatic rings. The summed E-state index contributed by atoms with van der Waals surface area (Å²) in [5, 5.41) is 2.53. The monoisotopic (exact) mass is 350 g/mol. The molecule has 0 spiro atoms. The lowest BCUT2D eigenvalue weighted by atomic mass is 10.2. The summed E-state index contributed by atoms with van der Waals surface area (Å²) in [7, 11) is 1.97. The van der Waals surface area contributed by atoms with Crippen LogP contribution in [0.3, 0.4) is 0 Å². The number of carbonyl (C=O) groups excluding carboxylic acids is 1. The molecule has 0 aliphatic heterocycles. The lowest BCUT2D eigenvalue weighted by molar-refractivity contribution is 0.102. The molecule has 0 atom stereocenters.